The molecule has 45 heavy (non-hydrogen) atoms. The summed E-state index contributed by atoms with van der Waals surface area (Å²) in [5, 5.41) is 6.14. The molecule has 0 spiro atoms. The van der Waals surface area contributed by atoms with Gasteiger partial charge in [-0.3, -0.25) is 28.1 Å². The van der Waals surface area contributed by atoms with Gasteiger partial charge in [0.05, 0.1) is 56.1 Å². The molecule has 2 aromatic heterocycles. The smallest absolute Gasteiger partial charge is 0.462 e. The van der Waals surface area contributed by atoms with E-state index in [0.717, 1.165) is 5.69 Å². The maximum absolute atomic E-state index is 12.9. The van der Waals surface area contributed by atoms with Crippen LogP contribution in [0.15, 0.2) is 59.5 Å². The summed E-state index contributed by atoms with van der Waals surface area (Å²) < 4.78 is 33.2. The minimum Gasteiger partial charge on any atom is -0.462 e. The number of nitrogens with one attached hydrogen (secondary N) is 3. The molecule has 14 nitrogen and oxygen atoms in total. The molecule has 2 heterocycles. The van der Waals surface area contributed by atoms with Crippen LogP contribution >= 0.6 is 7.82 Å². The van der Waals surface area contributed by atoms with E-state index in [0.29, 0.717) is 36.3 Å². The van der Waals surface area contributed by atoms with Crippen LogP contribution < -0.4 is 16.2 Å². The van der Waals surface area contributed by atoms with Crippen LogP contribution in [0.25, 0.3) is 11.2 Å². The number of Topliss-reactive ketones (excluding diaryl/α,β-unsaturated/α-hetero) is 1. The van der Waals surface area contributed by atoms with Gasteiger partial charge < -0.3 is 15.4 Å². The third-order valence-electron chi connectivity index (χ3n) is 6.23. The third-order valence-corrected chi connectivity index (χ3v) is 7.88. The number of phosphoric ester groups is 1. The van der Waals surface area contributed by atoms with E-state index >= 15 is 0 Å². The second-order valence-electron chi connectivity index (χ2n) is 9.56. The van der Waals surface area contributed by atoms with E-state index in [1.54, 1.807) is 62.4 Å². The van der Waals surface area contributed by atoms with Gasteiger partial charge in [0.25, 0.3) is 5.56 Å². The van der Waals surface area contributed by atoms with Gasteiger partial charge in [0, 0.05) is 11.3 Å². The average Bonchev–Trinajstić information content (AvgIpc) is 3.02. The highest BCUT2D eigenvalue weighted by atomic mass is 31.2. The van der Waals surface area contributed by atoms with Crippen molar-refractivity contribution in [2.45, 2.75) is 40.2 Å². The Bertz CT molecular complexity index is 1720. The van der Waals surface area contributed by atoms with Gasteiger partial charge in [-0.2, -0.15) is 4.98 Å². The zero-order valence-electron chi connectivity index (χ0n) is 25.2. The second kappa shape index (κ2) is 16.0. The van der Waals surface area contributed by atoms with Crippen molar-refractivity contribution in [3.63, 3.8) is 0 Å². The van der Waals surface area contributed by atoms with E-state index in [9.17, 15) is 18.9 Å². The van der Waals surface area contributed by atoms with Crippen molar-refractivity contribution in [3.05, 3.63) is 81.9 Å². The van der Waals surface area contributed by atoms with Gasteiger partial charge >= 0.3 is 13.8 Å². The van der Waals surface area contributed by atoms with Crippen molar-refractivity contribution in [1.29, 1.82) is 0 Å². The molecule has 4 aromatic rings. The predicted octanol–water partition coefficient (Wildman–Crippen LogP) is 5.41. The number of fused-ring (bicyclic) bond motifs is 1. The van der Waals surface area contributed by atoms with E-state index in [4.69, 9.17) is 18.3 Å². The molecule has 0 fully saturated rings. The number of ether oxygens (including phenoxy) is 1. The van der Waals surface area contributed by atoms with Crippen LogP contribution in [0.2, 0.25) is 0 Å². The molecule has 0 amide bonds. The number of anilines is 3. The summed E-state index contributed by atoms with van der Waals surface area (Å²) in [6, 6.07) is 13.7. The van der Waals surface area contributed by atoms with Crippen LogP contribution in [0.1, 0.15) is 60.0 Å². The quantitative estimate of drug-likeness (QED) is 0.0578. The number of hydrogen-bond donors (Lipinski definition) is 3. The fourth-order valence-corrected chi connectivity index (χ4v) is 5.27. The standard InChI is InChI=1S/C30H35N6O8P/c1-4-42-45(40,43-5-2)44-17-9-8-16-41-29(39)24-10-6-7-11-25(24)34-30-35-27-26(28(38)36-30)33-23(19-32-27)18-31-22-14-12-21(13-15-22)20(3)37/h6-7,10-15,19,31H,4-5,8-9,16-18H2,1-3H3,(H2,32,34,35,36,38). The summed E-state index contributed by atoms with van der Waals surface area (Å²) in [6.07, 6.45) is 2.44. The molecule has 4 rings (SSSR count). The number of unbranched alkanes of at least 4 members (excludes halogenated alkanes) is 1. The zero-order chi connectivity index (χ0) is 32.2. The lowest BCUT2D eigenvalue weighted by atomic mass is 10.1. The van der Waals surface area contributed by atoms with Crippen LogP contribution in [-0.2, 0) is 29.4 Å². The molecule has 2 aromatic carbocycles. The first-order valence-electron chi connectivity index (χ1n) is 14.4. The van der Waals surface area contributed by atoms with Gasteiger partial charge in [0.15, 0.2) is 16.9 Å². The summed E-state index contributed by atoms with van der Waals surface area (Å²) in [6.45, 7) is 5.79. The van der Waals surface area contributed by atoms with Crippen molar-refractivity contribution in [3.8, 4) is 0 Å². The first-order valence-corrected chi connectivity index (χ1v) is 15.8. The number of para-hydroxylation sites is 1. The van der Waals surface area contributed by atoms with Crippen LogP contribution in [0, 0.1) is 0 Å². The monoisotopic (exact) mass is 638 g/mol. The lowest BCUT2D eigenvalue weighted by Gasteiger charge is -2.16. The van der Waals surface area contributed by atoms with Crippen molar-refractivity contribution in [2.75, 3.05) is 37.1 Å². The van der Waals surface area contributed by atoms with Gasteiger partial charge in [0.1, 0.15) is 0 Å². The Morgan fingerprint density at radius 2 is 1.64 bits per heavy atom. The molecule has 0 bridgehead atoms. The number of H-pyrrole nitrogens is 1. The molecule has 238 valence electrons. The average molecular weight is 639 g/mol. The highest BCUT2D eigenvalue weighted by Gasteiger charge is 2.24. The molecule has 0 atom stereocenters. The largest absolute Gasteiger partial charge is 0.474 e. The first-order chi connectivity index (χ1) is 21.7. The predicted molar refractivity (Wildman–Crippen MR) is 168 cm³/mol. The molecule has 3 N–H and O–H groups in total. The number of aromatic nitrogens is 4. The lowest BCUT2D eigenvalue weighted by molar-refractivity contribution is 0.0489. The SMILES string of the molecule is CCOP(=O)(OCC)OCCCCOC(=O)c1ccccc1Nc1nc2ncc(CNc3ccc(C(C)=O)cc3)nc2c(=O)[nH]1. The van der Waals surface area contributed by atoms with Crippen LogP contribution in [0.5, 0.6) is 0 Å². The minimum absolute atomic E-state index is 0.0177. The van der Waals surface area contributed by atoms with Crippen LogP contribution in [-0.4, -0.2) is 58.1 Å². The lowest BCUT2D eigenvalue weighted by Crippen LogP contribution is -2.16. The Labute approximate surface area is 259 Å². The van der Waals surface area contributed by atoms with Crippen molar-refractivity contribution >= 4 is 48.1 Å². The van der Waals surface area contributed by atoms with Gasteiger partial charge in [-0.1, -0.05) is 12.1 Å². The number of carbonyl (C=O) groups is 2. The molecular weight excluding hydrogens is 603 g/mol. The van der Waals surface area contributed by atoms with E-state index in [1.165, 1.54) is 13.1 Å². The number of rotatable bonds is 17. The van der Waals surface area contributed by atoms with Crippen LogP contribution in [0.4, 0.5) is 17.3 Å². The highest BCUT2D eigenvalue weighted by molar-refractivity contribution is 7.48. The molecule has 0 unspecified atom stereocenters. The summed E-state index contributed by atoms with van der Waals surface area (Å²) in [4.78, 5) is 52.9. The van der Waals surface area contributed by atoms with E-state index in [-0.39, 0.29) is 54.9 Å². The number of esters is 1. The zero-order valence-corrected chi connectivity index (χ0v) is 26.1. The third kappa shape index (κ3) is 9.50. The summed E-state index contributed by atoms with van der Waals surface area (Å²) in [7, 11) is -3.58. The molecule has 0 aliphatic carbocycles. The molecule has 15 heteroatoms. The van der Waals surface area contributed by atoms with Crippen LogP contribution in [0.3, 0.4) is 0 Å². The number of ketones is 1. The topological polar surface area (TPSA) is 184 Å². The fraction of sp³-hybridized carbons (Fsp3) is 0.333. The number of benzene rings is 2. The number of nitrogens with zero attached hydrogens (tertiary/aromatic N) is 3. The Balaban J connectivity index is 1.34. The molecule has 0 radical (unpaired) electrons. The summed E-state index contributed by atoms with van der Waals surface area (Å²) in [5.41, 5.74) is 2.18. The Hall–Kier alpha value is -4.49. The molecule has 0 aliphatic heterocycles. The molecule has 0 aliphatic rings. The Kier molecular flexibility index (Phi) is 11.9. The second-order valence-corrected chi connectivity index (χ2v) is 11.2. The minimum atomic E-state index is -3.58. The van der Waals surface area contributed by atoms with Crippen molar-refractivity contribution < 1.29 is 32.5 Å². The number of hydrogen-bond acceptors (Lipinski definition) is 13. The Morgan fingerprint density at radius 1 is 0.933 bits per heavy atom. The van der Waals surface area contributed by atoms with Gasteiger partial charge in [-0.15, -0.1) is 0 Å². The number of aromatic amines is 1. The van der Waals surface area contributed by atoms with Gasteiger partial charge in [-0.05, 0) is 70.0 Å². The van der Waals surface area contributed by atoms with E-state index < -0.39 is 19.4 Å². The normalized spacial score (nSPS) is 11.4. The first kappa shape index (κ1) is 33.4. The van der Waals surface area contributed by atoms with Gasteiger partial charge in [-0.25, -0.2) is 19.3 Å². The highest BCUT2D eigenvalue weighted by Crippen LogP contribution is 2.49. The molecule has 0 saturated carbocycles. The molecular formula is C30H35N6O8P. The summed E-state index contributed by atoms with van der Waals surface area (Å²) >= 11 is 0. The van der Waals surface area contributed by atoms with E-state index in [1.807, 2.05) is 0 Å². The number of phosphoric acid groups is 1. The maximum atomic E-state index is 12.9. The van der Waals surface area contributed by atoms with E-state index in [2.05, 4.69) is 30.6 Å². The van der Waals surface area contributed by atoms with Crippen molar-refractivity contribution in [2.24, 2.45) is 0 Å². The van der Waals surface area contributed by atoms with Crippen molar-refractivity contribution in [1.82, 2.24) is 19.9 Å². The van der Waals surface area contributed by atoms with Gasteiger partial charge in [0.2, 0.25) is 5.95 Å². The fourth-order valence-electron chi connectivity index (χ4n) is 4.06. The maximum Gasteiger partial charge on any atom is 0.474 e. The number of carbonyl (C=O) groups excluding carboxylic acids is 2. The molecule has 0 saturated heterocycles. The summed E-state index contributed by atoms with van der Waals surface area (Å²) in [5.74, 6) is -0.524. The Morgan fingerprint density at radius 3 is 2.36 bits per heavy atom.